The fourth-order valence-electron chi connectivity index (χ4n) is 3.55. The van der Waals surface area contributed by atoms with Gasteiger partial charge in [-0.05, 0) is 60.7 Å². The first kappa shape index (κ1) is 26.8. The van der Waals surface area contributed by atoms with E-state index in [0.29, 0.717) is 16.3 Å². The van der Waals surface area contributed by atoms with Crippen LogP contribution < -0.4 is 25.0 Å². The second-order valence-corrected chi connectivity index (χ2v) is 8.42. The van der Waals surface area contributed by atoms with E-state index in [1.54, 1.807) is 24.3 Å². The normalized spacial score (nSPS) is 14.2. The van der Waals surface area contributed by atoms with Crippen LogP contribution in [0.4, 0.5) is 21.9 Å². The third-order valence-corrected chi connectivity index (χ3v) is 5.66. The van der Waals surface area contributed by atoms with E-state index in [4.69, 9.17) is 21.1 Å². The van der Waals surface area contributed by atoms with Gasteiger partial charge in [-0.1, -0.05) is 11.6 Å². The molecule has 0 unspecified atom stereocenters. The Morgan fingerprint density at radius 1 is 1.08 bits per heavy atom. The number of anilines is 2. The third kappa shape index (κ3) is 6.19. The molecule has 39 heavy (non-hydrogen) atoms. The van der Waals surface area contributed by atoms with Crippen LogP contribution >= 0.6 is 11.6 Å². The second-order valence-electron chi connectivity index (χ2n) is 7.98. The number of nitrogens with one attached hydrogen (secondary N) is 2. The number of hydrogen-bond acceptors (Lipinski definition) is 8. The molecule has 1 saturated heterocycles. The van der Waals surface area contributed by atoms with Crippen LogP contribution in [-0.4, -0.2) is 42.4 Å². The molecule has 2 N–H and O–H groups in total. The van der Waals surface area contributed by atoms with Gasteiger partial charge in [0.25, 0.3) is 23.4 Å². The van der Waals surface area contributed by atoms with Gasteiger partial charge in [-0.15, -0.1) is 0 Å². The first-order valence-electron chi connectivity index (χ1n) is 11.2. The summed E-state index contributed by atoms with van der Waals surface area (Å²) >= 11 is 6.11. The molecule has 4 rings (SSSR count). The number of barbiturate groups is 1. The van der Waals surface area contributed by atoms with E-state index >= 15 is 0 Å². The number of halogens is 1. The lowest BCUT2D eigenvalue weighted by atomic mass is 10.1. The number of urea groups is 1. The molecule has 1 heterocycles. The third-order valence-electron chi connectivity index (χ3n) is 5.42. The smallest absolute Gasteiger partial charge is 0.335 e. The highest BCUT2D eigenvalue weighted by Gasteiger charge is 2.37. The average Bonchev–Trinajstić information content (AvgIpc) is 2.91. The van der Waals surface area contributed by atoms with Crippen molar-refractivity contribution in [1.82, 2.24) is 5.32 Å². The molecule has 3 aromatic rings. The van der Waals surface area contributed by atoms with Crippen molar-refractivity contribution < 1.29 is 33.6 Å². The lowest BCUT2D eigenvalue weighted by Crippen LogP contribution is -2.54. The number of imide groups is 2. The zero-order chi connectivity index (χ0) is 28.1. The first-order valence-corrected chi connectivity index (χ1v) is 11.6. The summed E-state index contributed by atoms with van der Waals surface area (Å²) in [5.41, 5.74) is 0.0498. The highest BCUT2D eigenvalue weighted by molar-refractivity contribution is 6.39. The van der Waals surface area contributed by atoms with Gasteiger partial charge in [0, 0.05) is 28.4 Å². The van der Waals surface area contributed by atoms with Crippen LogP contribution in [0.5, 0.6) is 11.5 Å². The molecule has 0 radical (unpaired) electrons. The standard InChI is InChI=1S/C26H19ClN4O8/c1-38-20-9-3-17(4-10-20)28-23(32)14-39-22-11-2-16(27)12-15(22)13-21-24(33)29-26(35)30(25(21)34)18-5-7-19(8-6-18)31(36)37/h2-13H,14H2,1H3,(H,28,32)(H,29,33,35)/b21-13-. The molecule has 198 valence electrons. The molecule has 5 amide bonds. The number of carbonyl (C=O) groups is 4. The van der Waals surface area contributed by atoms with Crippen LogP contribution in [0.1, 0.15) is 5.56 Å². The van der Waals surface area contributed by atoms with Gasteiger partial charge in [-0.2, -0.15) is 0 Å². The van der Waals surface area contributed by atoms with E-state index in [9.17, 15) is 29.3 Å². The van der Waals surface area contributed by atoms with E-state index in [2.05, 4.69) is 10.6 Å². The average molecular weight is 551 g/mol. The SMILES string of the molecule is COc1ccc(NC(=O)COc2ccc(Cl)cc2/C=C2/C(=O)NC(=O)N(c3ccc([N+](=O)[O-])cc3)C2=O)cc1. The number of rotatable bonds is 8. The number of nitrogens with zero attached hydrogens (tertiary/aromatic N) is 2. The maximum Gasteiger partial charge on any atom is 0.335 e. The molecule has 0 saturated carbocycles. The summed E-state index contributed by atoms with van der Waals surface area (Å²) in [6, 6.07) is 14.7. The molecule has 13 heteroatoms. The summed E-state index contributed by atoms with van der Waals surface area (Å²) in [7, 11) is 1.52. The maximum atomic E-state index is 13.2. The van der Waals surface area contributed by atoms with Crippen molar-refractivity contribution in [3.63, 3.8) is 0 Å². The van der Waals surface area contributed by atoms with Crippen molar-refractivity contribution >= 4 is 58.5 Å². The summed E-state index contributed by atoms with van der Waals surface area (Å²) in [4.78, 5) is 61.5. The predicted octanol–water partition coefficient (Wildman–Crippen LogP) is 3.94. The number of carbonyl (C=O) groups excluding carboxylic acids is 4. The summed E-state index contributed by atoms with van der Waals surface area (Å²) < 4.78 is 10.7. The van der Waals surface area contributed by atoms with Crippen LogP contribution in [0.3, 0.4) is 0 Å². The molecular formula is C26H19ClN4O8. The molecule has 0 atom stereocenters. The lowest BCUT2D eigenvalue weighted by molar-refractivity contribution is -0.384. The van der Waals surface area contributed by atoms with Crippen molar-refractivity contribution in [3.8, 4) is 11.5 Å². The zero-order valence-corrected chi connectivity index (χ0v) is 20.9. The van der Waals surface area contributed by atoms with Gasteiger partial charge in [0.1, 0.15) is 17.1 Å². The Balaban J connectivity index is 1.55. The largest absolute Gasteiger partial charge is 0.497 e. The van der Waals surface area contributed by atoms with Crippen LogP contribution in [0.25, 0.3) is 6.08 Å². The van der Waals surface area contributed by atoms with E-state index in [1.807, 2.05) is 0 Å². The minimum atomic E-state index is -1.02. The number of amides is 5. The molecular weight excluding hydrogens is 532 g/mol. The lowest BCUT2D eigenvalue weighted by Gasteiger charge is -2.26. The maximum absolute atomic E-state index is 13.2. The Bertz CT molecular complexity index is 1500. The van der Waals surface area contributed by atoms with Crippen molar-refractivity contribution in [1.29, 1.82) is 0 Å². The van der Waals surface area contributed by atoms with E-state index in [0.717, 1.165) is 12.1 Å². The Hall–Kier alpha value is -5.23. The Kier molecular flexibility index (Phi) is 7.87. The Morgan fingerprint density at radius 2 is 1.77 bits per heavy atom. The van der Waals surface area contributed by atoms with Gasteiger partial charge in [0.2, 0.25) is 0 Å². The molecule has 0 aromatic heterocycles. The van der Waals surface area contributed by atoms with Gasteiger partial charge >= 0.3 is 6.03 Å². The molecule has 1 aliphatic heterocycles. The molecule has 0 spiro atoms. The number of benzene rings is 3. The topological polar surface area (TPSA) is 157 Å². The summed E-state index contributed by atoms with van der Waals surface area (Å²) in [5.74, 6) is -1.66. The summed E-state index contributed by atoms with van der Waals surface area (Å²) in [6.07, 6.45) is 1.17. The number of ether oxygens (including phenoxy) is 2. The fraction of sp³-hybridized carbons (Fsp3) is 0.0769. The predicted molar refractivity (Wildman–Crippen MR) is 141 cm³/mol. The fourth-order valence-corrected chi connectivity index (χ4v) is 3.73. The van der Waals surface area contributed by atoms with E-state index in [1.165, 1.54) is 43.5 Å². The Labute approximate surface area is 225 Å². The van der Waals surface area contributed by atoms with Gasteiger partial charge in [0.15, 0.2) is 6.61 Å². The van der Waals surface area contributed by atoms with Gasteiger partial charge < -0.3 is 14.8 Å². The van der Waals surface area contributed by atoms with Crippen molar-refractivity contribution in [2.75, 3.05) is 23.9 Å². The van der Waals surface area contributed by atoms with Gasteiger partial charge in [-0.25, -0.2) is 9.69 Å². The van der Waals surface area contributed by atoms with Crippen molar-refractivity contribution in [2.24, 2.45) is 0 Å². The van der Waals surface area contributed by atoms with E-state index in [-0.39, 0.29) is 27.7 Å². The molecule has 1 aliphatic rings. The van der Waals surface area contributed by atoms with Gasteiger partial charge in [0.05, 0.1) is 17.7 Å². The van der Waals surface area contributed by atoms with E-state index < -0.39 is 40.9 Å². The van der Waals surface area contributed by atoms with Gasteiger partial charge in [-0.3, -0.25) is 29.8 Å². The Morgan fingerprint density at radius 3 is 2.41 bits per heavy atom. The number of methoxy groups -OCH3 is 1. The molecule has 1 fully saturated rings. The second kappa shape index (κ2) is 11.4. The summed E-state index contributed by atoms with van der Waals surface area (Å²) in [5, 5.41) is 15.9. The number of hydrogen-bond donors (Lipinski definition) is 2. The van der Waals surface area contributed by atoms with Crippen LogP contribution in [0, 0.1) is 10.1 Å². The molecule has 0 aliphatic carbocycles. The molecule has 3 aromatic carbocycles. The van der Waals surface area contributed by atoms with Crippen LogP contribution in [-0.2, 0) is 14.4 Å². The minimum absolute atomic E-state index is 0.0132. The highest BCUT2D eigenvalue weighted by atomic mass is 35.5. The number of nitro benzene ring substituents is 1. The van der Waals surface area contributed by atoms with Crippen LogP contribution in [0.15, 0.2) is 72.3 Å². The van der Waals surface area contributed by atoms with Crippen molar-refractivity contribution in [3.05, 3.63) is 93.0 Å². The number of nitro groups is 1. The minimum Gasteiger partial charge on any atom is -0.497 e. The van der Waals surface area contributed by atoms with Crippen molar-refractivity contribution in [2.45, 2.75) is 0 Å². The number of non-ortho nitro benzene ring substituents is 1. The molecule has 0 bridgehead atoms. The molecule has 12 nitrogen and oxygen atoms in total. The monoisotopic (exact) mass is 550 g/mol. The van der Waals surface area contributed by atoms with Crippen LogP contribution in [0.2, 0.25) is 5.02 Å². The highest BCUT2D eigenvalue weighted by Crippen LogP contribution is 2.29. The summed E-state index contributed by atoms with van der Waals surface area (Å²) in [6.45, 7) is -0.405. The zero-order valence-electron chi connectivity index (χ0n) is 20.2. The quantitative estimate of drug-likeness (QED) is 0.185. The first-order chi connectivity index (χ1) is 18.7.